The maximum Gasteiger partial charge on any atom is 0.273 e. The van der Waals surface area contributed by atoms with Crippen LogP contribution in [0.1, 0.15) is 34.6 Å². The quantitative estimate of drug-likeness (QED) is 0.890. The maximum absolute atomic E-state index is 12.1. The molecule has 0 atom stereocenters. The van der Waals surface area contributed by atoms with Crippen LogP contribution in [0, 0.1) is 13.8 Å². The molecule has 22 heavy (non-hydrogen) atoms. The molecule has 0 spiro atoms. The summed E-state index contributed by atoms with van der Waals surface area (Å²) in [5.41, 5.74) is 2.16. The first kappa shape index (κ1) is 14.5. The van der Waals surface area contributed by atoms with E-state index in [9.17, 15) is 4.79 Å². The smallest absolute Gasteiger partial charge is 0.273 e. The summed E-state index contributed by atoms with van der Waals surface area (Å²) in [7, 11) is 0. The van der Waals surface area contributed by atoms with E-state index in [0.29, 0.717) is 11.4 Å². The molecule has 2 aromatic heterocycles. The van der Waals surface area contributed by atoms with Gasteiger partial charge in [-0.3, -0.25) is 4.79 Å². The average Bonchev–Trinajstić information content (AvgIpc) is 2.95. The molecule has 3 rings (SSSR count). The lowest BCUT2D eigenvalue weighted by molar-refractivity contribution is 0.0925. The summed E-state index contributed by atoms with van der Waals surface area (Å²) in [6, 6.07) is 4.29. The molecule has 0 aromatic carbocycles. The van der Waals surface area contributed by atoms with E-state index in [4.69, 9.17) is 0 Å². The number of carbonyl (C=O) groups excluding carboxylic acids is 1. The first-order valence-corrected chi connectivity index (χ1v) is 7.49. The van der Waals surface area contributed by atoms with Gasteiger partial charge in [-0.25, -0.2) is 4.98 Å². The summed E-state index contributed by atoms with van der Waals surface area (Å²) in [6.45, 7) is 5.58. The Labute approximate surface area is 129 Å². The van der Waals surface area contributed by atoms with E-state index < -0.39 is 0 Å². The average molecular weight is 300 g/mol. The molecule has 116 valence electrons. The molecule has 0 aliphatic carbocycles. The summed E-state index contributed by atoms with van der Waals surface area (Å²) < 4.78 is 0. The zero-order valence-corrected chi connectivity index (χ0v) is 12.8. The SMILES string of the molecule is Cc1ccc(N2CCC(NC(=O)c3n[nH]nc3C)CC2)nc1. The largest absolute Gasteiger partial charge is 0.356 e. The van der Waals surface area contributed by atoms with Crippen molar-refractivity contribution in [3.8, 4) is 0 Å². The maximum atomic E-state index is 12.1. The van der Waals surface area contributed by atoms with Crippen LogP contribution in [0.15, 0.2) is 18.3 Å². The first-order valence-electron chi connectivity index (χ1n) is 7.49. The number of anilines is 1. The second-order valence-corrected chi connectivity index (χ2v) is 5.69. The van der Waals surface area contributed by atoms with Gasteiger partial charge in [-0.2, -0.15) is 15.4 Å². The van der Waals surface area contributed by atoms with Gasteiger partial charge in [0.15, 0.2) is 5.69 Å². The number of H-pyrrole nitrogens is 1. The zero-order valence-electron chi connectivity index (χ0n) is 12.8. The van der Waals surface area contributed by atoms with Gasteiger partial charge in [-0.15, -0.1) is 0 Å². The number of aromatic nitrogens is 4. The minimum Gasteiger partial charge on any atom is -0.356 e. The first-order chi connectivity index (χ1) is 10.6. The molecule has 1 aliphatic rings. The van der Waals surface area contributed by atoms with Crippen molar-refractivity contribution in [3.63, 3.8) is 0 Å². The van der Waals surface area contributed by atoms with Gasteiger partial charge in [0.2, 0.25) is 0 Å². The number of aromatic amines is 1. The predicted octanol–water partition coefficient (Wildman–Crippen LogP) is 1.22. The number of amides is 1. The molecule has 0 saturated carbocycles. The Kier molecular flexibility index (Phi) is 4.04. The number of nitrogens with zero attached hydrogens (tertiary/aromatic N) is 4. The number of rotatable bonds is 3. The molecule has 1 amide bonds. The Bertz CT molecular complexity index is 642. The number of pyridine rings is 1. The topological polar surface area (TPSA) is 86.8 Å². The van der Waals surface area contributed by atoms with E-state index >= 15 is 0 Å². The standard InChI is InChI=1S/C15H20N6O/c1-10-3-4-13(16-9-10)21-7-5-12(6-8-21)17-15(22)14-11(2)18-20-19-14/h3-4,9,12H,5-8H2,1-2H3,(H,17,22)(H,18,19,20). The fourth-order valence-corrected chi connectivity index (χ4v) is 2.65. The number of hydrogen-bond acceptors (Lipinski definition) is 5. The highest BCUT2D eigenvalue weighted by Gasteiger charge is 2.23. The Hall–Kier alpha value is -2.44. The lowest BCUT2D eigenvalue weighted by atomic mass is 10.0. The van der Waals surface area contributed by atoms with E-state index in [1.165, 1.54) is 0 Å². The summed E-state index contributed by atoms with van der Waals surface area (Å²) in [6.07, 6.45) is 3.69. The van der Waals surface area contributed by atoms with Crippen molar-refractivity contribution in [3.05, 3.63) is 35.3 Å². The Balaban J connectivity index is 1.55. The van der Waals surface area contributed by atoms with Gasteiger partial charge >= 0.3 is 0 Å². The number of nitrogens with one attached hydrogen (secondary N) is 2. The van der Waals surface area contributed by atoms with E-state index in [-0.39, 0.29) is 11.9 Å². The molecular formula is C15H20N6O. The van der Waals surface area contributed by atoms with Gasteiger partial charge in [-0.05, 0) is 38.3 Å². The molecule has 1 fully saturated rings. The molecule has 0 bridgehead atoms. The minimum atomic E-state index is -0.154. The zero-order chi connectivity index (χ0) is 15.5. The van der Waals surface area contributed by atoms with Gasteiger partial charge in [0, 0.05) is 25.3 Å². The summed E-state index contributed by atoms with van der Waals surface area (Å²) in [5, 5.41) is 13.3. The highest BCUT2D eigenvalue weighted by Crippen LogP contribution is 2.18. The van der Waals surface area contributed by atoms with Crippen molar-refractivity contribution < 1.29 is 4.79 Å². The number of hydrogen-bond donors (Lipinski definition) is 2. The molecule has 2 N–H and O–H groups in total. The normalized spacial score (nSPS) is 15.8. The van der Waals surface area contributed by atoms with Gasteiger partial charge in [0.1, 0.15) is 5.82 Å². The molecule has 2 aromatic rings. The second-order valence-electron chi connectivity index (χ2n) is 5.69. The van der Waals surface area contributed by atoms with Crippen LogP contribution in [0.5, 0.6) is 0 Å². The Morgan fingerprint density at radius 1 is 1.27 bits per heavy atom. The van der Waals surface area contributed by atoms with Crippen LogP contribution in [0.25, 0.3) is 0 Å². The fourth-order valence-electron chi connectivity index (χ4n) is 2.65. The van der Waals surface area contributed by atoms with E-state index in [1.807, 2.05) is 19.2 Å². The van der Waals surface area contributed by atoms with Gasteiger partial charge in [-0.1, -0.05) is 6.07 Å². The van der Waals surface area contributed by atoms with Crippen LogP contribution in [-0.2, 0) is 0 Å². The van der Waals surface area contributed by atoms with Gasteiger partial charge < -0.3 is 10.2 Å². The Morgan fingerprint density at radius 2 is 2.05 bits per heavy atom. The van der Waals surface area contributed by atoms with Crippen molar-refractivity contribution in [2.75, 3.05) is 18.0 Å². The minimum absolute atomic E-state index is 0.154. The molecule has 0 unspecified atom stereocenters. The molecule has 1 saturated heterocycles. The van der Waals surface area contributed by atoms with Crippen LogP contribution < -0.4 is 10.2 Å². The third-order valence-corrected chi connectivity index (χ3v) is 3.99. The molecule has 1 aliphatic heterocycles. The van der Waals surface area contributed by atoms with Gasteiger partial charge in [0.05, 0.1) is 5.69 Å². The lowest BCUT2D eigenvalue weighted by Crippen LogP contribution is -2.45. The van der Waals surface area contributed by atoms with Crippen LogP contribution in [0.4, 0.5) is 5.82 Å². The molecule has 7 nitrogen and oxygen atoms in total. The molecule has 0 radical (unpaired) electrons. The number of piperidine rings is 1. The summed E-state index contributed by atoms with van der Waals surface area (Å²) in [4.78, 5) is 18.8. The van der Waals surface area contributed by atoms with E-state index in [2.05, 4.69) is 36.7 Å². The Morgan fingerprint density at radius 3 is 2.64 bits per heavy atom. The number of carbonyl (C=O) groups is 1. The van der Waals surface area contributed by atoms with Gasteiger partial charge in [0.25, 0.3) is 5.91 Å². The highest BCUT2D eigenvalue weighted by atomic mass is 16.2. The molecule has 7 heteroatoms. The monoisotopic (exact) mass is 300 g/mol. The summed E-state index contributed by atoms with van der Waals surface area (Å²) >= 11 is 0. The van der Waals surface area contributed by atoms with Crippen LogP contribution >= 0.6 is 0 Å². The van der Waals surface area contributed by atoms with Crippen molar-refractivity contribution in [1.29, 1.82) is 0 Å². The predicted molar refractivity (Wildman–Crippen MR) is 82.8 cm³/mol. The van der Waals surface area contributed by atoms with Crippen molar-refractivity contribution in [2.24, 2.45) is 0 Å². The summed E-state index contributed by atoms with van der Waals surface area (Å²) in [5.74, 6) is 0.848. The lowest BCUT2D eigenvalue weighted by Gasteiger charge is -2.33. The highest BCUT2D eigenvalue weighted by molar-refractivity contribution is 5.93. The van der Waals surface area contributed by atoms with Crippen LogP contribution in [0.3, 0.4) is 0 Å². The van der Waals surface area contributed by atoms with Crippen LogP contribution in [0.2, 0.25) is 0 Å². The fraction of sp³-hybridized carbons (Fsp3) is 0.467. The third kappa shape index (κ3) is 3.08. The van der Waals surface area contributed by atoms with E-state index in [1.54, 1.807) is 6.92 Å². The second kappa shape index (κ2) is 6.13. The molecule has 3 heterocycles. The number of aryl methyl sites for hydroxylation is 2. The van der Waals surface area contributed by atoms with Crippen LogP contribution in [-0.4, -0.2) is 45.4 Å². The molecular weight excluding hydrogens is 280 g/mol. The van der Waals surface area contributed by atoms with Crippen molar-refractivity contribution in [2.45, 2.75) is 32.7 Å². The third-order valence-electron chi connectivity index (χ3n) is 3.99. The van der Waals surface area contributed by atoms with Crippen molar-refractivity contribution in [1.82, 2.24) is 25.7 Å². The van der Waals surface area contributed by atoms with Crippen molar-refractivity contribution >= 4 is 11.7 Å². The van der Waals surface area contributed by atoms with E-state index in [0.717, 1.165) is 37.3 Å².